The number of rotatable bonds is 1. The number of carbonyl (C=O) groups is 2. The Morgan fingerprint density at radius 2 is 2.27 bits per heavy atom. The van der Waals surface area contributed by atoms with Crippen LogP contribution in [0.2, 0.25) is 0 Å². The highest BCUT2D eigenvalue weighted by Gasteiger charge is 2.37. The predicted octanol–water partition coefficient (Wildman–Crippen LogP) is 0.0715. The fraction of sp³-hybridized carbons (Fsp3) is 0.375. The summed E-state index contributed by atoms with van der Waals surface area (Å²) < 4.78 is 0. The van der Waals surface area contributed by atoms with E-state index in [2.05, 4.69) is 10.2 Å². The van der Waals surface area contributed by atoms with Gasteiger partial charge in [0.25, 0.3) is 0 Å². The second-order valence-electron chi connectivity index (χ2n) is 3.28. The zero-order valence-electron chi connectivity index (χ0n) is 7.67. The molecule has 0 radical (unpaired) electrons. The molecule has 1 aromatic heterocycles. The van der Waals surface area contributed by atoms with Gasteiger partial charge in [0.2, 0.25) is 0 Å². The normalized spacial score (nSPS) is 19.7. The number of aliphatic carboxylic acids is 1. The van der Waals surface area contributed by atoms with Crippen molar-refractivity contribution in [2.24, 2.45) is 0 Å². The maximum absolute atomic E-state index is 11.0. The van der Waals surface area contributed by atoms with Crippen molar-refractivity contribution in [3.05, 3.63) is 17.5 Å². The molecule has 2 rings (SSSR count). The van der Waals surface area contributed by atoms with Crippen molar-refractivity contribution in [3.8, 4) is 0 Å². The van der Waals surface area contributed by atoms with E-state index in [1.807, 2.05) is 0 Å². The van der Waals surface area contributed by atoms with Crippen LogP contribution in [0.3, 0.4) is 0 Å². The van der Waals surface area contributed by atoms with Crippen LogP contribution in [0, 0.1) is 0 Å². The average Bonchev–Trinajstić information content (AvgIpc) is 2.62. The van der Waals surface area contributed by atoms with E-state index >= 15 is 0 Å². The van der Waals surface area contributed by atoms with Crippen LogP contribution in [-0.4, -0.2) is 43.9 Å². The lowest BCUT2D eigenvalue weighted by Gasteiger charge is -2.29. The van der Waals surface area contributed by atoms with E-state index in [1.165, 1.54) is 6.20 Å². The van der Waals surface area contributed by atoms with Crippen LogP contribution in [0.4, 0.5) is 4.79 Å². The summed E-state index contributed by atoms with van der Waals surface area (Å²) in [5, 5.41) is 24.1. The first-order valence-corrected chi connectivity index (χ1v) is 4.35. The number of fused-ring (bicyclic) bond motifs is 1. The van der Waals surface area contributed by atoms with E-state index in [0.29, 0.717) is 12.1 Å². The van der Waals surface area contributed by atoms with Gasteiger partial charge in [-0.2, -0.15) is 5.10 Å². The Morgan fingerprint density at radius 3 is 2.87 bits per heavy atom. The van der Waals surface area contributed by atoms with E-state index in [9.17, 15) is 9.59 Å². The fourth-order valence-electron chi connectivity index (χ4n) is 1.75. The summed E-state index contributed by atoms with van der Waals surface area (Å²) in [5.41, 5.74) is 1.12. The Labute approximate surface area is 84.3 Å². The van der Waals surface area contributed by atoms with Crippen LogP contribution in [0.1, 0.15) is 17.3 Å². The predicted molar refractivity (Wildman–Crippen MR) is 47.4 cm³/mol. The molecule has 7 nitrogen and oxygen atoms in total. The lowest BCUT2D eigenvalue weighted by atomic mass is 10.0. The molecule has 0 fully saturated rings. The number of hydrogen-bond acceptors (Lipinski definition) is 3. The number of nitrogens with zero attached hydrogens (tertiary/aromatic N) is 2. The van der Waals surface area contributed by atoms with Crippen LogP contribution in [0.5, 0.6) is 0 Å². The van der Waals surface area contributed by atoms with E-state index in [1.54, 1.807) is 0 Å². The molecule has 0 saturated carbocycles. The molecule has 2 heterocycles. The van der Waals surface area contributed by atoms with Crippen molar-refractivity contribution >= 4 is 12.1 Å². The molecule has 1 amide bonds. The van der Waals surface area contributed by atoms with Crippen molar-refractivity contribution in [1.82, 2.24) is 15.1 Å². The summed E-state index contributed by atoms with van der Waals surface area (Å²) in [4.78, 5) is 22.7. The standard InChI is InChI=1S/C8H9N3O4/c12-7(13)6-5-4(3-9-10-5)1-2-11(6)8(14)15/h3,6H,1-2H2,(H,9,10)(H,12,13)(H,14,15). The lowest BCUT2D eigenvalue weighted by molar-refractivity contribution is -0.143. The van der Waals surface area contributed by atoms with Gasteiger partial charge in [-0.1, -0.05) is 0 Å². The average molecular weight is 211 g/mol. The van der Waals surface area contributed by atoms with Gasteiger partial charge < -0.3 is 10.2 Å². The molecule has 0 bridgehead atoms. The van der Waals surface area contributed by atoms with Crippen molar-refractivity contribution in [2.75, 3.05) is 6.54 Å². The molecule has 3 N–H and O–H groups in total. The SMILES string of the molecule is O=C(O)C1c2[nH]ncc2CCN1C(=O)O. The maximum atomic E-state index is 11.0. The number of aromatic amines is 1. The summed E-state index contributed by atoms with van der Waals surface area (Å²) in [5.74, 6) is -1.19. The molecule has 1 atom stereocenters. The smallest absolute Gasteiger partial charge is 0.408 e. The van der Waals surface area contributed by atoms with Gasteiger partial charge >= 0.3 is 12.1 Å². The van der Waals surface area contributed by atoms with E-state index in [4.69, 9.17) is 10.2 Å². The Bertz CT molecular complexity index is 414. The van der Waals surface area contributed by atoms with Crippen molar-refractivity contribution in [2.45, 2.75) is 12.5 Å². The Hall–Kier alpha value is -2.05. The van der Waals surface area contributed by atoms with E-state index < -0.39 is 18.1 Å². The fourth-order valence-corrected chi connectivity index (χ4v) is 1.75. The summed E-state index contributed by atoms with van der Waals surface area (Å²) in [6.45, 7) is 0.179. The first-order valence-electron chi connectivity index (χ1n) is 4.35. The minimum atomic E-state index is -1.23. The third kappa shape index (κ3) is 1.41. The summed E-state index contributed by atoms with van der Waals surface area (Å²) in [7, 11) is 0. The molecule has 0 aromatic carbocycles. The highest BCUT2D eigenvalue weighted by Crippen LogP contribution is 2.27. The Balaban J connectivity index is 2.43. The minimum absolute atomic E-state index is 0.179. The lowest BCUT2D eigenvalue weighted by Crippen LogP contribution is -2.42. The quantitative estimate of drug-likeness (QED) is 0.609. The van der Waals surface area contributed by atoms with Gasteiger partial charge in [0, 0.05) is 6.54 Å². The summed E-state index contributed by atoms with van der Waals surface area (Å²) in [6.07, 6.45) is 0.787. The molecule has 0 saturated heterocycles. The maximum Gasteiger partial charge on any atom is 0.408 e. The zero-order chi connectivity index (χ0) is 11.0. The second kappa shape index (κ2) is 3.26. The molecule has 1 aliphatic rings. The van der Waals surface area contributed by atoms with Gasteiger partial charge in [-0.15, -0.1) is 0 Å². The summed E-state index contributed by atoms with van der Waals surface area (Å²) in [6, 6.07) is -1.17. The van der Waals surface area contributed by atoms with Crippen molar-refractivity contribution in [3.63, 3.8) is 0 Å². The van der Waals surface area contributed by atoms with Gasteiger partial charge in [0.15, 0.2) is 6.04 Å². The topological polar surface area (TPSA) is 107 Å². The van der Waals surface area contributed by atoms with E-state index in [-0.39, 0.29) is 6.54 Å². The molecule has 1 aliphatic heterocycles. The Kier molecular flexibility index (Phi) is 2.07. The largest absolute Gasteiger partial charge is 0.479 e. The number of carboxylic acid groups (broad SMARTS) is 2. The van der Waals surface area contributed by atoms with Crippen molar-refractivity contribution in [1.29, 1.82) is 0 Å². The molecule has 0 aliphatic carbocycles. The van der Waals surface area contributed by atoms with Gasteiger partial charge in [-0.25, -0.2) is 9.59 Å². The number of carboxylic acids is 1. The van der Waals surface area contributed by atoms with Crippen LogP contribution in [-0.2, 0) is 11.2 Å². The number of amides is 1. The van der Waals surface area contributed by atoms with Crippen LogP contribution >= 0.6 is 0 Å². The van der Waals surface area contributed by atoms with Gasteiger partial charge in [-0.05, 0) is 12.0 Å². The molecule has 1 aromatic rings. The number of aromatic nitrogens is 2. The van der Waals surface area contributed by atoms with Crippen LogP contribution in [0.15, 0.2) is 6.20 Å². The first-order chi connectivity index (χ1) is 7.11. The third-order valence-electron chi connectivity index (χ3n) is 2.44. The Morgan fingerprint density at radius 1 is 1.53 bits per heavy atom. The molecule has 0 spiro atoms. The van der Waals surface area contributed by atoms with Gasteiger partial charge in [0.1, 0.15) is 0 Å². The van der Waals surface area contributed by atoms with Gasteiger partial charge in [0.05, 0.1) is 11.9 Å². The number of hydrogen-bond donors (Lipinski definition) is 3. The van der Waals surface area contributed by atoms with Gasteiger partial charge in [-0.3, -0.25) is 10.00 Å². The second-order valence-corrected chi connectivity index (χ2v) is 3.28. The molecule has 7 heteroatoms. The molecular formula is C8H9N3O4. The first kappa shape index (κ1) is 9.50. The molecular weight excluding hydrogens is 202 g/mol. The highest BCUT2D eigenvalue weighted by atomic mass is 16.4. The van der Waals surface area contributed by atoms with E-state index in [0.717, 1.165) is 10.5 Å². The monoisotopic (exact) mass is 211 g/mol. The molecule has 80 valence electrons. The van der Waals surface area contributed by atoms with Crippen LogP contribution < -0.4 is 0 Å². The summed E-state index contributed by atoms with van der Waals surface area (Å²) >= 11 is 0. The zero-order valence-corrected chi connectivity index (χ0v) is 7.67. The minimum Gasteiger partial charge on any atom is -0.479 e. The number of nitrogens with one attached hydrogen (secondary N) is 1. The molecule has 1 unspecified atom stereocenters. The van der Waals surface area contributed by atoms with Crippen molar-refractivity contribution < 1.29 is 19.8 Å². The van der Waals surface area contributed by atoms with Crippen LogP contribution in [0.25, 0.3) is 0 Å². The number of H-pyrrole nitrogens is 1. The third-order valence-corrected chi connectivity index (χ3v) is 2.44. The highest BCUT2D eigenvalue weighted by molar-refractivity contribution is 5.81. The molecule has 15 heavy (non-hydrogen) atoms.